The molecule has 9 nitrogen and oxygen atoms in total. The molecule has 5 N–H and O–H groups in total. The van der Waals surface area contributed by atoms with Crippen LogP contribution in [0.1, 0.15) is 22.8 Å². The predicted octanol–water partition coefficient (Wildman–Crippen LogP) is 1.16. The summed E-state index contributed by atoms with van der Waals surface area (Å²) in [6.07, 6.45) is 0.784. The first-order chi connectivity index (χ1) is 16.4. The third kappa shape index (κ3) is 5.57. The van der Waals surface area contributed by atoms with Gasteiger partial charge in [-0.3, -0.25) is 0 Å². The molecular weight excluding hydrogens is 440 g/mol. The number of aryl methyl sites for hydroxylation is 1. The fourth-order valence-electron chi connectivity index (χ4n) is 3.61. The van der Waals surface area contributed by atoms with Crippen molar-refractivity contribution in [2.45, 2.75) is 25.5 Å². The fourth-order valence-corrected chi connectivity index (χ4v) is 3.61. The number of benzene rings is 2. The molecule has 0 bridgehead atoms. The number of hydrogen-bond donors (Lipinski definition) is 5. The van der Waals surface area contributed by atoms with Gasteiger partial charge in [-0.25, -0.2) is 4.79 Å². The first kappa shape index (κ1) is 25.7. The SMILES string of the molecule is CCOC(=O)c1cn(-c2ccccc2C)c2ccc(OCC(O)CNC(CO)(CO)CO)cc12. The molecule has 184 valence electrons. The molecule has 1 heterocycles. The predicted molar refractivity (Wildman–Crippen MR) is 127 cm³/mol. The van der Waals surface area contributed by atoms with Gasteiger partial charge in [-0.05, 0) is 43.7 Å². The van der Waals surface area contributed by atoms with Gasteiger partial charge in [0.15, 0.2) is 0 Å². The van der Waals surface area contributed by atoms with Gasteiger partial charge in [0.1, 0.15) is 18.5 Å². The number of β-amino-alcohol motifs (C(OH)–C–C–N with tert-alkyl or cyclic N) is 1. The molecule has 0 aliphatic carbocycles. The summed E-state index contributed by atoms with van der Waals surface area (Å²) in [5, 5.41) is 41.8. The lowest BCUT2D eigenvalue weighted by Gasteiger charge is -2.29. The van der Waals surface area contributed by atoms with Gasteiger partial charge >= 0.3 is 5.97 Å². The van der Waals surface area contributed by atoms with Crippen molar-refractivity contribution in [3.8, 4) is 11.4 Å². The Labute approximate surface area is 198 Å². The lowest BCUT2D eigenvalue weighted by Crippen LogP contribution is -2.57. The topological polar surface area (TPSA) is 133 Å². The van der Waals surface area contributed by atoms with E-state index in [4.69, 9.17) is 9.47 Å². The minimum Gasteiger partial charge on any atom is -0.491 e. The fraction of sp³-hybridized carbons (Fsp3) is 0.400. The third-order valence-electron chi connectivity index (χ3n) is 5.71. The van der Waals surface area contributed by atoms with E-state index >= 15 is 0 Å². The highest BCUT2D eigenvalue weighted by atomic mass is 16.5. The number of aromatic nitrogens is 1. The van der Waals surface area contributed by atoms with Crippen molar-refractivity contribution in [2.75, 3.05) is 39.6 Å². The Morgan fingerprint density at radius 2 is 1.82 bits per heavy atom. The highest BCUT2D eigenvalue weighted by molar-refractivity contribution is 6.05. The molecule has 1 atom stereocenters. The summed E-state index contributed by atoms with van der Waals surface area (Å²) in [5.74, 6) is 0.0203. The van der Waals surface area contributed by atoms with E-state index in [0.717, 1.165) is 16.8 Å². The van der Waals surface area contributed by atoms with Gasteiger partial charge in [0, 0.05) is 23.8 Å². The molecule has 0 aliphatic rings. The van der Waals surface area contributed by atoms with Gasteiger partial charge in [-0.2, -0.15) is 0 Å². The van der Waals surface area contributed by atoms with Gasteiger partial charge in [0.25, 0.3) is 0 Å². The molecular formula is C25H32N2O7. The molecule has 3 rings (SSSR count). The maximum absolute atomic E-state index is 12.6. The van der Waals surface area contributed by atoms with E-state index in [9.17, 15) is 25.2 Å². The number of carbonyl (C=O) groups is 1. The molecule has 2 aromatic carbocycles. The number of fused-ring (bicyclic) bond motifs is 1. The number of para-hydroxylation sites is 1. The molecule has 1 unspecified atom stereocenters. The molecule has 1 aromatic heterocycles. The number of hydrogen-bond acceptors (Lipinski definition) is 8. The van der Waals surface area contributed by atoms with E-state index in [2.05, 4.69) is 5.32 Å². The van der Waals surface area contributed by atoms with Crippen LogP contribution in [-0.4, -0.2) is 82.2 Å². The van der Waals surface area contributed by atoms with E-state index in [1.165, 1.54) is 0 Å². The quantitative estimate of drug-likeness (QED) is 0.248. The van der Waals surface area contributed by atoms with Gasteiger partial charge in [0.2, 0.25) is 0 Å². The monoisotopic (exact) mass is 472 g/mol. The second-order valence-electron chi connectivity index (χ2n) is 8.20. The Kier molecular flexibility index (Phi) is 8.65. The van der Waals surface area contributed by atoms with Crippen molar-refractivity contribution in [2.24, 2.45) is 0 Å². The summed E-state index contributed by atoms with van der Waals surface area (Å²) in [6, 6.07) is 13.2. The normalized spacial score (nSPS) is 12.6. The van der Waals surface area contributed by atoms with Crippen molar-refractivity contribution >= 4 is 16.9 Å². The zero-order valence-electron chi connectivity index (χ0n) is 19.4. The Morgan fingerprint density at radius 1 is 1.12 bits per heavy atom. The van der Waals surface area contributed by atoms with Gasteiger partial charge < -0.3 is 39.8 Å². The van der Waals surface area contributed by atoms with Crippen LogP contribution < -0.4 is 10.1 Å². The minimum absolute atomic E-state index is 0.0122. The molecule has 9 heteroatoms. The van der Waals surface area contributed by atoms with E-state index in [-0.39, 0.29) is 19.8 Å². The Hall–Kier alpha value is -2.95. The Bertz CT molecular complexity index is 1100. The summed E-state index contributed by atoms with van der Waals surface area (Å²) in [6.45, 7) is 2.45. The van der Waals surface area contributed by atoms with E-state index in [1.807, 2.05) is 41.8 Å². The van der Waals surface area contributed by atoms with Gasteiger partial charge in [-0.1, -0.05) is 18.2 Å². The van der Waals surface area contributed by atoms with Crippen LogP contribution in [0.5, 0.6) is 5.75 Å². The zero-order chi connectivity index (χ0) is 24.7. The van der Waals surface area contributed by atoms with E-state index < -0.39 is 37.4 Å². The minimum atomic E-state index is -1.28. The van der Waals surface area contributed by atoms with E-state index in [0.29, 0.717) is 16.7 Å². The second kappa shape index (κ2) is 11.5. The summed E-state index contributed by atoms with van der Waals surface area (Å²) in [7, 11) is 0. The molecule has 34 heavy (non-hydrogen) atoms. The number of aliphatic hydroxyl groups is 4. The van der Waals surface area contributed by atoms with Crippen LogP contribution in [-0.2, 0) is 4.74 Å². The van der Waals surface area contributed by atoms with Crippen LogP contribution in [0.2, 0.25) is 0 Å². The summed E-state index contributed by atoms with van der Waals surface area (Å²) < 4.78 is 12.9. The smallest absolute Gasteiger partial charge is 0.340 e. The summed E-state index contributed by atoms with van der Waals surface area (Å²) >= 11 is 0. The summed E-state index contributed by atoms with van der Waals surface area (Å²) in [5.41, 5.74) is 1.93. The van der Waals surface area contributed by atoms with Crippen molar-refractivity contribution in [1.29, 1.82) is 0 Å². The maximum Gasteiger partial charge on any atom is 0.340 e. The lowest BCUT2D eigenvalue weighted by atomic mass is 10.0. The van der Waals surface area contributed by atoms with Crippen LogP contribution in [0.15, 0.2) is 48.7 Å². The number of esters is 1. The van der Waals surface area contributed by atoms with E-state index in [1.54, 1.807) is 25.3 Å². The lowest BCUT2D eigenvalue weighted by molar-refractivity contribution is 0.0260. The molecule has 0 radical (unpaired) electrons. The largest absolute Gasteiger partial charge is 0.491 e. The molecule has 0 aliphatic heterocycles. The van der Waals surface area contributed by atoms with Crippen LogP contribution in [0.3, 0.4) is 0 Å². The third-order valence-corrected chi connectivity index (χ3v) is 5.71. The number of nitrogens with one attached hydrogen (secondary N) is 1. The molecule has 0 spiro atoms. The number of carbonyl (C=O) groups excluding carboxylic acids is 1. The average Bonchev–Trinajstić information content (AvgIpc) is 3.23. The molecule has 0 saturated heterocycles. The van der Waals surface area contributed by atoms with Crippen molar-refractivity contribution in [3.05, 3.63) is 59.8 Å². The average molecular weight is 473 g/mol. The summed E-state index contributed by atoms with van der Waals surface area (Å²) in [4.78, 5) is 12.6. The van der Waals surface area contributed by atoms with Crippen molar-refractivity contribution in [3.63, 3.8) is 0 Å². The highest BCUT2D eigenvalue weighted by Crippen LogP contribution is 2.30. The Morgan fingerprint density at radius 3 is 2.47 bits per heavy atom. The molecule has 0 fully saturated rings. The zero-order valence-corrected chi connectivity index (χ0v) is 19.4. The van der Waals surface area contributed by atoms with Crippen LogP contribution in [0, 0.1) is 6.92 Å². The standard InChI is InChI=1S/C25H32N2O7/c1-3-33-24(32)21-12-27(22-7-5-4-6-17(22)2)23-9-8-19(10-20(21)23)34-13-18(31)11-26-25(14-28,15-29)16-30/h4-10,12,18,26,28-31H,3,11,13-16H2,1-2H3. The maximum atomic E-state index is 12.6. The Balaban J connectivity index is 1.83. The number of ether oxygens (including phenoxy) is 2. The molecule has 3 aromatic rings. The second-order valence-corrected chi connectivity index (χ2v) is 8.20. The van der Waals surface area contributed by atoms with Crippen LogP contribution >= 0.6 is 0 Å². The van der Waals surface area contributed by atoms with Crippen LogP contribution in [0.25, 0.3) is 16.6 Å². The van der Waals surface area contributed by atoms with Gasteiger partial charge in [0.05, 0.1) is 43.0 Å². The first-order valence-electron chi connectivity index (χ1n) is 11.1. The van der Waals surface area contributed by atoms with Crippen LogP contribution in [0.4, 0.5) is 0 Å². The molecule has 0 saturated carbocycles. The number of rotatable bonds is 12. The molecule has 0 amide bonds. The number of nitrogens with zero attached hydrogens (tertiary/aromatic N) is 1. The van der Waals surface area contributed by atoms with Crippen molar-refractivity contribution < 1.29 is 34.7 Å². The first-order valence-corrected chi connectivity index (χ1v) is 11.1. The number of aliphatic hydroxyl groups excluding tert-OH is 4. The highest BCUT2D eigenvalue weighted by Gasteiger charge is 2.28. The van der Waals surface area contributed by atoms with Crippen molar-refractivity contribution in [1.82, 2.24) is 9.88 Å². The van der Waals surface area contributed by atoms with Gasteiger partial charge in [-0.15, -0.1) is 0 Å².